The van der Waals surface area contributed by atoms with Gasteiger partial charge in [0.15, 0.2) is 0 Å². The summed E-state index contributed by atoms with van der Waals surface area (Å²) in [6, 6.07) is 8.71. The fourth-order valence-electron chi connectivity index (χ4n) is 2.65. The summed E-state index contributed by atoms with van der Waals surface area (Å²) in [5.41, 5.74) is 2.97. The molecule has 18 heavy (non-hydrogen) atoms. The molecule has 1 aromatic carbocycles. The SMILES string of the molecule is CSC1CCCC(Nc2c(C)cccc2C#N)C1. The first-order valence-electron chi connectivity index (χ1n) is 6.53. The molecule has 1 aliphatic carbocycles. The van der Waals surface area contributed by atoms with E-state index in [2.05, 4.69) is 30.6 Å². The number of hydrogen-bond acceptors (Lipinski definition) is 3. The third-order valence-corrected chi connectivity index (χ3v) is 4.80. The Labute approximate surface area is 114 Å². The normalized spacial score (nSPS) is 23.4. The van der Waals surface area contributed by atoms with Gasteiger partial charge in [-0.2, -0.15) is 17.0 Å². The second-order valence-electron chi connectivity index (χ2n) is 4.97. The maximum Gasteiger partial charge on any atom is 0.101 e. The highest BCUT2D eigenvalue weighted by Crippen LogP contribution is 2.30. The average Bonchev–Trinajstić information content (AvgIpc) is 2.41. The van der Waals surface area contributed by atoms with E-state index in [9.17, 15) is 5.26 Å². The highest BCUT2D eigenvalue weighted by Gasteiger charge is 2.22. The Hall–Kier alpha value is -1.14. The summed E-state index contributed by atoms with van der Waals surface area (Å²) in [6.45, 7) is 2.07. The van der Waals surface area contributed by atoms with Gasteiger partial charge >= 0.3 is 0 Å². The van der Waals surface area contributed by atoms with Crippen LogP contribution in [0.4, 0.5) is 5.69 Å². The van der Waals surface area contributed by atoms with Crippen molar-refractivity contribution in [2.24, 2.45) is 0 Å². The van der Waals surface area contributed by atoms with Crippen molar-refractivity contribution in [3.63, 3.8) is 0 Å². The molecule has 0 amide bonds. The van der Waals surface area contributed by atoms with Crippen LogP contribution in [0.5, 0.6) is 0 Å². The van der Waals surface area contributed by atoms with Crippen LogP contribution in [-0.2, 0) is 0 Å². The molecule has 1 aliphatic rings. The van der Waals surface area contributed by atoms with Gasteiger partial charge < -0.3 is 5.32 Å². The van der Waals surface area contributed by atoms with Crippen molar-refractivity contribution in [3.8, 4) is 6.07 Å². The van der Waals surface area contributed by atoms with Crippen LogP contribution in [0.25, 0.3) is 0 Å². The molecule has 2 atom stereocenters. The van der Waals surface area contributed by atoms with Crippen molar-refractivity contribution in [2.75, 3.05) is 11.6 Å². The van der Waals surface area contributed by atoms with Gasteiger partial charge in [-0.25, -0.2) is 0 Å². The van der Waals surface area contributed by atoms with E-state index in [1.54, 1.807) is 0 Å². The number of benzene rings is 1. The molecule has 0 spiro atoms. The maximum absolute atomic E-state index is 9.18. The van der Waals surface area contributed by atoms with Crippen molar-refractivity contribution in [2.45, 2.75) is 43.9 Å². The molecule has 0 radical (unpaired) electrons. The molecule has 0 saturated heterocycles. The van der Waals surface area contributed by atoms with E-state index in [1.165, 1.54) is 31.2 Å². The molecule has 0 heterocycles. The number of rotatable bonds is 3. The zero-order chi connectivity index (χ0) is 13.0. The van der Waals surface area contributed by atoms with Crippen LogP contribution in [0.1, 0.15) is 36.8 Å². The highest BCUT2D eigenvalue weighted by atomic mass is 32.2. The minimum atomic E-state index is 0.518. The van der Waals surface area contributed by atoms with Crippen molar-refractivity contribution in [1.82, 2.24) is 0 Å². The van der Waals surface area contributed by atoms with E-state index in [4.69, 9.17) is 0 Å². The summed E-state index contributed by atoms with van der Waals surface area (Å²) < 4.78 is 0. The first kappa shape index (κ1) is 13.3. The lowest BCUT2D eigenvalue weighted by molar-refractivity contribution is 0.473. The van der Waals surface area contributed by atoms with Crippen molar-refractivity contribution in [1.29, 1.82) is 5.26 Å². The number of thioether (sulfide) groups is 1. The van der Waals surface area contributed by atoms with Crippen LogP contribution < -0.4 is 5.32 Å². The summed E-state index contributed by atoms with van der Waals surface area (Å²) in [6.07, 6.45) is 7.24. The lowest BCUT2D eigenvalue weighted by Crippen LogP contribution is -2.29. The molecule has 3 heteroatoms. The molecular weight excluding hydrogens is 240 g/mol. The quantitative estimate of drug-likeness (QED) is 0.893. The van der Waals surface area contributed by atoms with Crippen molar-refractivity contribution in [3.05, 3.63) is 29.3 Å². The highest BCUT2D eigenvalue weighted by molar-refractivity contribution is 7.99. The Morgan fingerprint density at radius 2 is 2.22 bits per heavy atom. The summed E-state index contributed by atoms with van der Waals surface area (Å²) >= 11 is 1.97. The van der Waals surface area contributed by atoms with E-state index in [-0.39, 0.29) is 0 Å². The monoisotopic (exact) mass is 260 g/mol. The summed E-state index contributed by atoms with van der Waals surface area (Å²) in [5, 5.41) is 13.5. The Morgan fingerprint density at radius 3 is 2.94 bits per heavy atom. The van der Waals surface area contributed by atoms with E-state index in [0.29, 0.717) is 6.04 Å². The van der Waals surface area contributed by atoms with Crippen molar-refractivity contribution < 1.29 is 0 Å². The van der Waals surface area contributed by atoms with Crippen LogP contribution >= 0.6 is 11.8 Å². The Kier molecular flexibility index (Phi) is 4.54. The fourth-order valence-corrected chi connectivity index (χ4v) is 3.47. The fraction of sp³-hybridized carbons (Fsp3) is 0.533. The smallest absolute Gasteiger partial charge is 0.101 e. The molecule has 1 fully saturated rings. The Morgan fingerprint density at radius 1 is 1.39 bits per heavy atom. The first-order valence-corrected chi connectivity index (χ1v) is 7.82. The Balaban J connectivity index is 2.12. The van der Waals surface area contributed by atoms with E-state index < -0.39 is 0 Å². The minimum Gasteiger partial charge on any atom is -0.381 e. The third-order valence-electron chi connectivity index (χ3n) is 3.70. The maximum atomic E-state index is 9.18. The van der Waals surface area contributed by atoms with Gasteiger partial charge in [0.2, 0.25) is 0 Å². The average molecular weight is 260 g/mol. The molecule has 2 rings (SSSR count). The number of nitriles is 1. The third kappa shape index (κ3) is 3.00. The number of aryl methyl sites for hydroxylation is 1. The van der Waals surface area contributed by atoms with E-state index in [1.807, 2.05) is 23.9 Å². The van der Waals surface area contributed by atoms with Crippen LogP contribution in [0.15, 0.2) is 18.2 Å². The van der Waals surface area contributed by atoms with E-state index >= 15 is 0 Å². The van der Waals surface area contributed by atoms with Gasteiger partial charge in [-0.1, -0.05) is 18.6 Å². The zero-order valence-corrected chi connectivity index (χ0v) is 11.9. The molecule has 1 saturated carbocycles. The summed E-state index contributed by atoms with van der Waals surface area (Å²) in [5.74, 6) is 0. The summed E-state index contributed by atoms with van der Waals surface area (Å²) in [7, 11) is 0. The van der Waals surface area contributed by atoms with E-state index in [0.717, 1.165) is 16.5 Å². The first-order chi connectivity index (χ1) is 8.74. The molecule has 0 aliphatic heterocycles. The van der Waals surface area contributed by atoms with Gasteiger partial charge in [0, 0.05) is 11.3 Å². The molecule has 2 nitrogen and oxygen atoms in total. The van der Waals surface area contributed by atoms with Gasteiger partial charge in [-0.3, -0.25) is 0 Å². The minimum absolute atomic E-state index is 0.518. The van der Waals surface area contributed by atoms with Crippen LogP contribution in [0, 0.1) is 18.3 Å². The predicted molar refractivity (Wildman–Crippen MR) is 79.1 cm³/mol. The second-order valence-corrected chi connectivity index (χ2v) is 6.11. The van der Waals surface area contributed by atoms with Crippen LogP contribution in [-0.4, -0.2) is 17.5 Å². The zero-order valence-electron chi connectivity index (χ0n) is 11.1. The topological polar surface area (TPSA) is 35.8 Å². The molecular formula is C15H20N2S. The molecule has 0 aromatic heterocycles. The molecule has 1 N–H and O–H groups in total. The Bertz CT molecular complexity index is 450. The molecule has 0 bridgehead atoms. The number of nitrogens with one attached hydrogen (secondary N) is 1. The van der Waals surface area contributed by atoms with Gasteiger partial charge in [0.1, 0.15) is 6.07 Å². The largest absolute Gasteiger partial charge is 0.381 e. The predicted octanol–water partition coefficient (Wildman–Crippen LogP) is 3.95. The molecule has 1 aromatic rings. The molecule has 2 unspecified atom stereocenters. The lowest BCUT2D eigenvalue weighted by Gasteiger charge is -2.30. The summed E-state index contributed by atoms with van der Waals surface area (Å²) in [4.78, 5) is 0. The van der Waals surface area contributed by atoms with Crippen LogP contribution in [0.2, 0.25) is 0 Å². The van der Waals surface area contributed by atoms with Gasteiger partial charge in [0.25, 0.3) is 0 Å². The van der Waals surface area contributed by atoms with Crippen LogP contribution in [0.3, 0.4) is 0 Å². The van der Waals surface area contributed by atoms with Gasteiger partial charge in [-0.05, 0) is 44.1 Å². The second kappa shape index (κ2) is 6.15. The lowest BCUT2D eigenvalue weighted by atomic mass is 9.94. The number of hydrogen-bond donors (Lipinski definition) is 1. The van der Waals surface area contributed by atoms with Gasteiger partial charge in [0.05, 0.1) is 11.3 Å². The standard InChI is InChI=1S/C15H20N2S/c1-11-5-3-6-12(10-16)15(11)17-13-7-4-8-14(9-13)18-2/h3,5-6,13-14,17H,4,7-9H2,1-2H3. The number of nitrogens with zero attached hydrogens (tertiary/aromatic N) is 1. The van der Waals surface area contributed by atoms with Gasteiger partial charge in [-0.15, -0.1) is 0 Å². The van der Waals surface area contributed by atoms with Crippen molar-refractivity contribution >= 4 is 17.4 Å². The molecule has 96 valence electrons. The number of anilines is 1. The number of para-hydroxylation sites is 1.